The Morgan fingerprint density at radius 3 is 2.34 bits per heavy atom. The number of halogens is 4. The number of anilines is 2. The van der Waals surface area contributed by atoms with Gasteiger partial charge in [0.15, 0.2) is 0 Å². The summed E-state index contributed by atoms with van der Waals surface area (Å²) < 4.78 is 59.6. The van der Waals surface area contributed by atoms with E-state index in [2.05, 4.69) is 4.90 Å². The minimum Gasteiger partial charge on any atom is -0.372 e. The van der Waals surface area contributed by atoms with Crippen molar-refractivity contribution >= 4 is 28.1 Å². The van der Waals surface area contributed by atoms with Crippen LogP contribution in [-0.4, -0.2) is 62.8 Å². The Morgan fingerprint density at radius 2 is 1.66 bits per heavy atom. The van der Waals surface area contributed by atoms with Gasteiger partial charge < -0.3 is 19.4 Å². The van der Waals surface area contributed by atoms with Gasteiger partial charge in [0.2, 0.25) is 5.91 Å². The van der Waals surface area contributed by atoms with E-state index in [9.17, 15) is 22.4 Å². The van der Waals surface area contributed by atoms with E-state index in [1.54, 1.807) is 25.2 Å². The van der Waals surface area contributed by atoms with Gasteiger partial charge in [-0.15, -0.1) is 0 Å². The zero-order valence-corrected chi connectivity index (χ0v) is 22.8. The summed E-state index contributed by atoms with van der Waals surface area (Å²) in [5.41, 5.74) is 0.163. The summed E-state index contributed by atoms with van der Waals surface area (Å²) in [5, 5.41) is 10.9. The smallest absolute Gasteiger partial charge is 0.372 e. The molecule has 0 radical (unpaired) electrons. The minimum atomic E-state index is -4.59. The zero-order chi connectivity index (χ0) is 29.1. The molecule has 0 bridgehead atoms. The molecule has 1 aliphatic heterocycles. The van der Waals surface area contributed by atoms with Crippen molar-refractivity contribution in [3.05, 3.63) is 71.5 Å². The summed E-state index contributed by atoms with van der Waals surface area (Å²) in [5.74, 6) is -0.304. The fraction of sp³-hybridized carbons (Fsp3) is 0.419. The van der Waals surface area contributed by atoms with E-state index in [0.717, 1.165) is 35.4 Å². The summed E-state index contributed by atoms with van der Waals surface area (Å²) in [7, 11) is 1.77. The van der Waals surface area contributed by atoms with Gasteiger partial charge in [0.05, 0.1) is 23.3 Å². The van der Waals surface area contributed by atoms with E-state index in [0.29, 0.717) is 44.7 Å². The molecule has 1 saturated heterocycles. The molecule has 5 rings (SSSR count). The SMILES string of the molecule is CN(c1ccc(C#N)c(C(F)(F)F)c1)C1CCC(OCC(=O)N2CCN(c3ccc4cc(F)ccc4c3)CC2)CC1. The summed E-state index contributed by atoms with van der Waals surface area (Å²) in [6.45, 7) is 2.58. The Hall–Kier alpha value is -3.84. The maximum absolute atomic E-state index is 13.5. The molecule has 0 N–H and O–H groups in total. The molecule has 1 aliphatic carbocycles. The molecule has 0 aromatic heterocycles. The standard InChI is InChI=1S/C31H32F4N4O2/c1-37(26-6-4-23(19-36)29(18-26)31(33,34)35)25-8-10-28(11-9-25)41-20-30(40)39-14-12-38(13-15-39)27-7-3-21-16-24(32)5-2-22(21)17-27/h2-7,16-18,25,28H,8-15,20H2,1H3. The number of ether oxygens (including phenoxy) is 1. The van der Waals surface area contributed by atoms with E-state index in [-0.39, 0.29) is 36.0 Å². The molecule has 3 aromatic rings. The van der Waals surface area contributed by atoms with E-state index < -0.39 is 11.7 Å². The van der Waals surface area contributed by atoms with E-state index in [1.807, 2.05) is 28.0 Å². The second-order valence-corrected chi connectivity index (χ2v) is 10.7. The molecule has 2 fully saturated rings. The minimum absolute atomic E-state index is 0.0112. The zero-order valence-electron chi connectivity index (χ0n) is 22.8. The molecule has 6 nitrogen and oxygen atoms in total. The van der Waals surface area contributed by atoms with Crippen LogP contribution in [0.15, 0.2) is 54.6 Å². The quantitative estimate of drug-likeness (QED) is 0.343. The molecule has 0 spiro atoms. The first-order valence-electron chi connectivity index (χ1n) is 13.8. The number of piperazine rings is 1. The van der Waals surface area contributed by atoms with Crippen LogP contribution >= 0.6 is 0 Å². The van der Waals surface area contributed by atoms with Crippen LogP contribution in [0.1, 0.15) is 36.8 Å². The number of carbonyl (C=O) groups is 1. The van der Waals surface area contributed by atoms with Crippen LogP contribution in [0, 0.1) is 17.1 Å². The first-order valence-corrected chi connectivity index (χ1v) is 13.8. The fourth-order valence-corrected chi connectivity index (χ4v) is 5.79. The summed E-state index contributed by atoms with van der Waals surface area (Å²) in [6.07, 6.45) is -1.78. The lowest BCUT2D eigenvalue weighted by molar-refractivity contribution is -0.139. The first-order chi connectivity index (χ1) is 19.6. The number of amides is 1. The Bertz CT molecular complexity index is 1440. The van der Waals surface area contributed by atoms with Gasteiger partial charge in [0, 0.05) is 50.6 Å². The molecule has 0 atom stereocenters. The van der Waals surface area contributed by atoms with Crippen LogP contribution in [0.2, 0.25) is 0 Å². The summed E-state index contributed by atoms with van der Waals surface area (Å²) in [4.78, 5) is 18.7. The molecule has 41 heavy (non-hydrogen) atoms. The molecular weight excluding hydrogens is 536 g/mol. The maximum atomic E-state index is 13.5. The average Bonchev–Trinajstić information content (AvgIpc) is 2.98. The monoisotopic (exact) mass is 568 g/mol. The van der Waals surface area contributed by atoms with Crippen LogP contribution in [0.4, 0.5) is 28.9 Å². The largest absolute Gasteiger partial charge is 0.417 e. The van der Waals surface area contributed by atoms with Gasteiger partial charge in [-0.2, -0.15) is 18.4 Å². The number of alkyl halides is 3. The second-order valence-electron chi connectivity index (χ2n) is 10.7. The molecule has 1 heterocycles. The van der Waals surface area contributed by atoms with Crippen molar-refractivity contribution in [3.63, 3.8) is 0 Å². The average molecular weight is 569 g/mol. The van der Waals surface area contributed by atoms with Gasteiger partial charge in [0.25, 0.3) is 0 Å². The molecular formula is C31H32F4N4O2. The number of fused-ring (bicyclic) bond motifs is 1. The topological polar surface area (TPSA) is 59.8 Å². The number of carbonyl (C=O) groups excluding carboxylic acids is 1. The van der Waals surface area contributed by atoms with E-state index in [4.69, 9.17) is 10.00 Å². The van der Waals surface area contributed by atoms with Gasteiger partial charge in [0.1, 0.15) is 12.4 Å². The van der Waals surface area contributed by atoms with Gasteiger partial charge in [-0.05, 0) is 78.9 Å². The van der Waals surface area contributed by atoms with Gasteiger partial charge >= 0.3 is 6.18 Å². The van der Waals surface area contributed by atoms with Crippen molar-refractivity contribution in [2.24, 2.45) is 0 Å². The Morgan fingerprint density at radius 1 is 0.976 bits per heavy atom. The number of rotatable bonds is 6. The molecule has 0 unspecified atom stereocenters. The number of benzene rings is 3. The van der Waals surface area contributed by atoms with E-state index >= 15 is 0 Å². The maximum Gasteiger partial charge on any atom is 0.417 e. The fourth-order valence-electron chi connectivity index (χ4n) is 5.79. The lowest BCUT2D eigenvalue weighted by atomic mass is 9.91. The third kappa shape index (κ3) is 6.57. The van der Waals surface area contributed by atoms with Gasteiger partial charge in [-0.3, -0.25) is 4.79 Å². The molecule has 3 aromatic carbocycles. The third-order valence-corrected chi connectivity index (χ3v) is 8.25. The van der Waals surface area contributed by atoms with Crippen molar-refractivity contribution in [2.45, 2.75) is 44.0 Å². The lowest BCUT2D eigenvalue weighted by Crippen LogP contribution is -2.50. The summed E-state index contributed by atoms with van der Waals surface area (Å²) >= 11 is 0. The number of nitriles is 1. The number of nitrogens with zero attached hydrogens (tertiary/aromatic N) is 4. The molecule has 1 amide bonds. The van der Waals surface area contributed by atoms with Crippen LogP contribution < -0.4 is 9.80 Å². The summed E-state index contributed by atoms with van der Waals surface area (Å²) in [6, 6.07) is 16.2. The highest BCUT2D eigenvalue weighted by atomic mass is 19.4. The predicted octanol–water partition coefficient (Wildman–Crippen LogP) is 5.98. The van der Waals surface area contributed by atoms with Crippen LogP contribution in [0.25, 0.3) is 10.8 Å². The van der Waals surface area contributed by atoms with Crippen LogP contribution in [0.3, 0.4) is 0 Å². The highest BCUT2D eigenvalue weighted by Crippen LogP contribution is 2.36. The molecule has 1 saturated carbocycles. The number of hydrogen-bond acceptors (Lipinski definition) is 5. The third-order valence-electron chi connectivity index (χ3n) is 8.25. The van der Waals surface area contributed by atoms with E-state index in [1.165, 1.54) is 18.2 Å². The first kappa shape index (κ1) is 28.7. The van der Waals surface area contributed by atoms with Crippen LogP contribution in [0.5, 0.6) is 0 Å². The normalized spacial score (nSPS) is 19.7. The number of hydrogen-bond donors (Lipinski definition) is 0. The second kappa shape index (κ2) is 12.0. The van der Waals surface area contributed by atoms with Gasteiger partial charge in [-0.1, -0.05) is 12.1 Å². The van der Waals surface area contributed by atoms with Crippen molar-refractivity contribution in [1.82, 2.24) is 4.90 Å². The Balaban J connectivity index is 1.07. The highest BCUT2D eigenvalue weighted by Gasteiger charge is 2.35. The van der Waals surface area contributed by atoms with Crippen molar-refractivity contribution < 1.29 is 27.1 Å². The highest BCUT2D eigenvalue weighted by molar-refractivity contribution is 5.86. The van der Waals surface area contributed by atoms with Crippen LogP contribution in [-0.2, 0) is 15.7 Å². The Kier molecular flexibility index (Phi) is 8.36. The predicted molar refractivity (Wildman–Crippen MR) is 149 cm³/mol. The molecule has 216 valence electrons. The molecule has 10 heteroatoms. The van der Waals surface area contributed by atoms with Gasteiger partial charge in [-0.25, -0.2) is 4.39 Å². The van der Waals surface area contributed by atoms with Crippen molar-refractivity contribution in [2.75, 3.05) is 49.6 Å². The molecule has 2 aliphatic rings. The lowest BCUT2D eigenvalue weighted by Gasteiger charge is -2.37. The van der Waals surface area contributed by atoms with Crippen molar-refractivity contribution in [3.8, 4) is 6.07 Å². The van der Waals surface area contributed by atoms with Crippen molar-refractivity contribution in [1.29, 1.82) is 5.26 Å². The Labute approximate surface area is 236 Å².